The number of rotatable bonds is 3. The second-order valence-corrected chi connectivity index (χ2v) is 5.65. The topological polar surface area (TPSA) is 16.1 Å². The van der Waals surface area contributed by atoms with Crippen LogP contribution in [0.5, 0.6) is 0 Å². The third-order valence-electron chi connectivity index (χ3n) is 3.79. The standard InChI is InChI=1S/C14H21ClN2/c1-11-5-3-7-13(9-11)17(2)10-12-6-4-8-16-14(12)15/h4,6,8,11,13H,3,5,7,9-10H2,1-2H3. The van der Waals surface area contributed by atoms with Gasteiger partial charge in [0.05, 0.1) is 0 Å². The number of nitrogens with zero attached hydrogens (tertiary/aromatic N) is 2. The lowest BCUT2D eigenvalue weighted by atomic mass is 9.86. The van der Waals surface area contributed by atoms with Gasteiger partial charge in [-0.3, -0.25) is 4.90 Å². The predicted octanol–water partition coefficient (Wildman–Crippen LogP) is 3.75. The van der Waals surface area contributed by atoms with Crippen LogP contribution in [0.1, 0.15) is 38.2 Å². The van der Waals surface area contributed by atoms with Gasteiger partial charge in [-0.25, -0.2) is 4.98 Å². The molecule has 3 heteroatoms. The van der Waals surface area contributed by atoms with Crippen molar-refractivity contribution in [3.8, 4) is 0 Å². The summed E-state index contributed by atoms with van der Waals surface area (Å²) < 4.78 is 0. The maximum atomic E-state index is 6.10. The number of aromatic nitrogens is 1. The smallest absolute Gasteiger partial charge is 0.133 e. The van der Waals surface area contributed by atoms with Crippen LogP contribution in [-0.4, -0.2) is 23.0 Å². The lowest BCUT2D eigenvalue weighted by Gasteiger charge is -2.34. The largest absolute Gasteiger partial charge is 0.299 e. The van der Waals surface area contributed by atoms with E-state index < -0.39 is 0 Å². The molecule has 2 nitrogen and oxygen atoms in total. The van der Waals surface area contributed by atoms with Gasteiger partial charge in [0.15, 0.2) is 0 Å². The molecule has 0 spiro atoms. The molecule has 94 valence electrons. The lowest BCUT2D eigenvalue weighted by Crippen LogP contribution is -2.35. The lowest BCUT2D eigenvalue weighted by molar-refractivity contribution is 0.157. The summed E-state index contributed by atoms with van der Waals surface area (Å²) in [6.45, 7) is 3.26. The molecule has 1 saturated carbocycles. The normalized spacial score (nSPS) is 25.2. The van der Waals surface area contributed by atoms with Crippen LogP contribution in [0.2, 0.25) is 5.15 Å². The van der Waals surface area contributed by atoms with Gasteiger partial charge < -0.3 is 0 Å². The van der Waals surface area contributed by atoms with Gasteiger partial charge in [-0.05, 0) is 31.9 Å². The molecule has 0 aromatic carbocycles. The zero-order valence-electron chi connectivity index (χ0n) is 10.7. The molecule has 2 atom stereocenters. The van der Waals surface area contributed by atoms with Gasteiger partial charge in [0, 0.05) is 24.3 Å². The number of hydrogen-bond donors (Lipinski definition) is 0. The van der Waals surface area contributed by atoms with Gasteiger partial charge in [-0.2, -0.15) is 0 Å². The van der Waals surface area contributed by atoms with Crippen LogP contribution >= 0.6 is 11.6 Å². The highest BCUT2D eigenvalue weighted by atomic mass is 35.5. The molecular formula is C14H21ClN2. The summed E-state index contributed by atoms with van der Waals surface area (Å²) in [4.78, 5) is 6.56. The van der Waals surface area contributed by atoms with Crippen LogP contribution in [0.25, 0.3) is 0 Å². The van der Waals surface area contributed by atoms with Crippen molar-refractivity contribution in [1.82, 2.24) is 9.88 Å². The quantitative estimate of drug-likeness (QED) is 0.762. The van der Waals surface area contributed by atoms with Crippen molar-refractivity contribution in [3.05, 3.63) is 29.0 Å². The molecule has 1 aliphatic rings. The third-order valence-corrected chi connectivity index (χ3v) is 4.13. The van der Waals surface area contributed by atoms with E-state index in [9.17, 15) is 0 Å². The molecule has 2 rings (SSSR count). The Bertz CT molecular complexity index is 367. The van der Waals surface area contributed by atoms with E-state index in [0.717, 1.165) is 18.0 Å². The van der Waals surface area contributed by atoms with Gasteiger partial charge in [-0.15, -0.1) is 0 Å². The van der Waals surface area contributed by atoms with Crippen LogP contribution in [0.3, 0.4) is 0 Å². The predicted molar refractivity (Wildman–Crippen MR) is 72.1 cm³/mol. The number of hydrogen-bond acceptors (Lipinski definition) is 2. The number of pyridine rings is 1. The zero-order valence-corrected chi connectivity index (χ0v) is 11.5. The first kappa shape index (κ1) is 12.8. The Hall–Kier alpha value is -0.600. The molecule has 2 unspecified atom stereocenters. The summed E-state index contributed by atoms with van der Waals surface area (Å²) in [5.74, 6) is 0.862. The van der Waals surface area contributed by atoms with Crippen LogP contribution in [0.15, 0.2) is 18.3 Å². The first-order valence-electron chi connectivity index (χ1n) is 6.46. The van der Waals surface area contributed by atoms with E-state index in [0.29, 0.717) is 11.2 Å². The summed E-state index contributed by atoms with van der Waals surface area (Å²) >= 11 is 6.10. The summed E-state index contributed by atoms with van der Waals surface area (Å²) in [7, 11) is 2.20. The van der Waals surface area contributed by atoms with Gasteiger partial charge in [0.1, 0.15) is 5.15 Å². The minimum Gasteiger partial charge on any atom is -0.299 e. The highest BCUT2D eigenvalue weighted by Gasteiger charge is 2.22. The molecule has 17 heavy (non-hydrogen) atoms. The van der Waals surface area contributed by atoms with E-state index in [-0.39, 0.29) is 0 Å². The average molecular weight is 253 g/mol. The molecule has 1 aromatic rings. The summed E-state index contributed by atoms with van der Waals surface area (Å²) in [6.07, 6.45) is 7.12. The van der Waals surface area contributed by atoms with Crippen molar-refractivity contribution in [2.45, 2.75) is 45.2 Å². The Kier molecular flexibility index (Phi) is 4.41. The van der Waals surface area contributed by atoms with Gasteiger partial charge in [-0.1, -0.05) is 37.4 Å². The first-order chi connectivity index (χ1) is 8.16. The molecule has 1 heterocycles. The van der Waals surface area contributed by atoms with E-state index in [1.165, 1.54) is 25.7 Å². The highest BCUT2D eigenvalue weighted by molar-refractivity contribution is 6.30. The molecule has 0 aliphatic heterocycles. The second kappa shape index (κ2) is 5.83. The maximum absolute atomic E-state index is 6.10. The highest BCUT2D eigenvalue weighted by Crippen LogP contribution is 2.28. The minimum atomic E-state index is 0.642. The van der Waals surface area contributed by atoms with Crippen molar-refractivity contribution in [1.29, 1.82) is 0 Å². The minimum absolute atomic E-state index is 0.642. The molecule has 1 aromatic heterocycles. The monoisotopic (exact) mass is 252 g/mol. The fourth-order valence-corrected chi connectivity index (χ4v) is 2.92. The average Bonchev–Trinajstić information content (AvgIpc) is 2.32. The zero-order chi connectivity index (χ0) is 12.3. The third kappa shape index (κ3) is 3.43. The Morgan fingerprint density at radius 1 is 1.47 bits per heavy atom. The fraction of sp³-hybridized carbons (Fsp3) is 0.643. The van der Waals surface area contributed by atoms with E-state index >= 15 is 0 Å². The first-order valence-corrected chi connectivity index (χ1v) is 6.84. The Morgan fingerprint density at radius 3 is 3.00 bits per heavy atom. The van der Waals surface area contributed by atoms with Gasteiger partial charge in [0.2, 0.25) is 0 Å². The van der Waals surface area contributed by atoms with Crippen LogP contribution < -0.4 is 0 Å². The molecule has 0 saturated heterocycles. The molecule has 1 aliphatic carbocycles. The summed E-state index contributed by atoms with van der Waals surface area (Å²) in [5.41, 5.74) is 1.13. The molecule has 0 bridgehead atoms. The van der Waals surface area contributed by atoms with E-state index in [1.54, 1.807) is 6.20 Å². The van der Waals surface area contributed by atoms with E-state index in [1.807, 2.05) is 6.07 Å². The van der Waals surface area contributed by atoms with Crippen LogP contribution in [0, 0.1) is 5.92 Å². The number of halogens is 1. The van der Waals surface area contributed by atoms with E-state index in [2.05, 4.69) is 29.9 Å². The molecule has 0 N–H and O–H groups in total. The molecular weight excluding hydrogens is 232 g/mol. The van der Waals surface area contributed by atoms with Crippen molar-refractivity contribution >= 4 is 11.6 Å². The summed E-state index contributed by atoms with van der Waals surface area (Å²) in [6, 6.07) is 4.73. The Labute approximate surface area is 109 Å². The van der Waals surface area contributed by atoms with Crippen molar-refractivity contribution in [3.63, 3.8) is 0 Å². The second-order valence-electron chi connectivity index (χ2n) is 5.29. The van der Waals surface area contributed by atoms with Gasteiger partial charge in [0.25, 0.3) is 0 Å². The Morgan fingerprint density at radius 2 is 2.29 bits per heavy atom. The van der Waals surface area contributed by atoms with E-state index in [4.69, 9.17) is 11.6 Å². The van der Waals surface area contributed by atoms with Crippen LogP contribution in [-0.2, 0) is 6.54 Å². The maximum Gasteiger partial charge on any atom is 0.133 e. The molecule has 0 radical (unpaired) electrons. The van der Waals surface area contributed by atoms with Gasteiger partial charge >= 0.3 is 0 Å². The fourth-order valence-electron chi connectivity index (χ4n) is 2.74. The van der Waals surface area contributed by atoms with Crippen molar-refractivity contribution < 1.29 is 0 Å². The van der Waals surface area contributed by atoms with Crippen LogP contribution in [0.4, 0.5) is 0 Å². The molecule has 0 amide bonds. The summed E-state index contributed by atoms with van der Waals surface area (Å²) in [5, 5.41) is 0.642. The molecule has 1 fully saturated rings. The Balaban J connectivity index is 1.96. The van der Waals surface area contributed by atoms with Crippen molar-refractivity contribution in [2.75, 3.05) is 7.05 Å². The van der Waals surface area contributed by atoms with Crippen molar-refractivity contribution in [2.24, 2.45) is 5.92 Å². The SMILES string of the molecule is CC1CCCC(N(C)Cc2cccnc2Cl)C1.